The number of rotatable bonds is 4. The predicted molar refractivity (Wildman–Crippen MR) is 49.3 cm³/mol. The Kier molecular flexibility index (Phi) is 3.33. The Labute approximate surface area is 84.4 Å². The molecular weight excluding hydrogens is 206 g/mol. The molecule has 0 atom stereocenters. The second-order valence-corrected chi connectivity index (χ2v) is 2.81. The maximum atomic E-state index is 12.7. The zero-order chi connectivity index (χ0) is 11.4. The van der Waals surface area contributed by atoms with Crippen LogP contribution >= 0.6 is 0 Å². The van der Waals surface area contributed by atoms with Crippen LogP contribution in [0.3, 0.4) is 0 Å². The molecule has 1 aromatic rings. The fourth-order valence-corrected chi connectivity index (χ4v) is 0.918. The van der Waals surface area contributed by atoms with Crippen LogP contribution in [0.5, 0.6) is 0 Å². The zero-order valence-corrected chi connectivity index (χ0v) is 7.67. The molecule has 80 valence electrons. The Hall–Kier alpha value is -1.98. The molecule has 0 radical (unpaired) electrons. The number of nitro groups is 1. The molecule has 0 fully saturated rings. The molecular formula is C9H8F2N2O2. The third-order valence-corrected chi connectivity index (χ3v) is 1.70. The van der Waals surface area contributed by atoms with Crippen molar-refractivity contribution in [3.8, 4) is 0 Å². The highest BCUT2D eigenvalue weighted by Gasteiger charge is 2.06. The molecule has 0 spiro atoms. The van der Waals surface area contributed by atoms with Crippen LogP contribution in [0.1, 0.15) is 5.56 Å². The molecule has 0 bridgehead atoms. The molecule has 0 aromatic heterocycles. The largest absolute Gasteiger partial charge is 0.358 e. The van der Waals surface area contributed by atoms with Gasteiger partial charge in [0, 0.05) is 0 Å². The predicted octanol–water partition coefficient (Wildman–Crippen LogP) is 1.80. The Balaban J connectivity index is 2.62. The SMILES string of the molecule is C=C(NCc1ccc(F)c(F)c1)[N+](=O)[O-]. The molecule has 0 aliphatic carbocycles. The molecule has 1 rings (SSSR count). The van der Waals surface area contributed by atoms with Gasteiger partial charge in [0.15, 0.2) is 11.6 Å². The first-order valence-corrected chi connectivity index (χ1v) is 4.02. The van der Waals surface area contributed by atoms with E-state index in [4.69, 9.17) is 0 Å². The van der Waals surface area contributed by atoms with Gasteiger partial charge in [0.2, 0.25) is 0 Å². The molecule has 1 aromatic carbocycles. The van der Waals surface area contributed by atoms with Crippen molar-refractivity contribution in [3.05, 3.63) is 57.9 Å². The number of halogens is 2. The summed E-state index contributed by atoms with van der Waals surface area (Å²) in [6.07, 6.45) is 0. The average Bonchev–Trinajstić information content (AvgIpc) is 2.19. The highest BCUT2D eigenvalue weighted by molar-refractivity contribution is 5.17. The van der Waals surface area contributed by atoms with Gasteiger partial charge in [-0.25, -0.2) is 8.78 Å². The van der Waals surface area contributed by atoms with E-state index in [1.165, 1.54) is 6.07 Å². The summed E-state index contributed by atoms with van der Waals surface area (Å²) in [5.41, 5.74) is 0.400. The third kappa shape index (κ3) is 3.01. The van der Waals surface area contributed by atoms with Crippen molar-refractivity contribution in [1.29, 1.82) is 0 Å². The van der Waals surface area contributed by atoms with Crippen LogP contribution in [-0.4, -0.2) is 4.92 Å². The minimum atomic E-state index is -0.985. The highest BCUT2D eigenvalue weighted by atomic mass is 19.2. The first-order chi connectivity index (χ1) is 7.00. The van der Waals surface area contributed by atoms with Crippen LogP contribution in [-0.2, 0) is 6.54 Å². The topological polar surface area (TPSA) is 55.2 Å². The fourth-order valence-electron chi connectivity index (χ4n) is 0.918. The van der Waals surface area contributed by atoms with Crippen molar-refractivity contribution in [3.63, 3.8) is 0 Å². The molecule has 0 aliphatic heterocycles. The lowest BCUT2D eigenvalue weighted by atomic mass is 10.2. The van der Waals surface area contributed by atoms with Gasteiger partial charge in [-0.2, -0.15) is 0 Å². The molecule has 1 N–H and O–H groups in total. The number of hydrogen-bond acceptors (Lipinski definition) is 3. The van der Waals surface area contributed by atoms with E-state index >= 15 is 0 Å². The van der Waals surface area contributed by atoms with Crippen molar-refractivity contribution in [2.75, 3.05) is 0 Å². The van der Waals surface area contributed by atoms with Crippen molar-refractivity contribution in [2.24, 2.45) is 0 Å². The van der Waals surface area contributed by atoms with Gasteiger partial charge in [-0.05, 0) is 29.2 Å². The maximum Gasteiger partial charge on any atom is 0.309 e. The van der Waals surface area contributed by atoms with Gasteiger partial charge in [-0.15, -0.1) is 0 Å². The first kappa shape index (κ1) is 11.1. The normalized spacial score (nSPS) is 9.73. The maximum absolute atomic E-state index is 12.7. The van der Waals surface area contributed by atoms with E-state index in [-0.39, 0.29) is 12.4 Å². The molecule has 0 amide bonds. The van der Waals surface area contributed by atoms with Crippen molar-refractivity contribution >= 4 is 0 Å². The van der Waals surface area contributed by atoms with Crippen LogP contribution in [0.15, 0.2) is 30.6 Å². The van der Waals surface area contributed by atoms with Gasteiger partial charge in [-0.3, -0.25) is 5.32 Å². The summed E-state index contributed by atoms with van der Waals surface area (Å²) in [5, 5.41) is 12.5. The second kappa shape index (κ2) is 4.50. The lowest BCUT2D eigenvalue weighted by Gasteiger charge is -2.02. The smallest absolute Gasteiger partial charge is 0.309 e. The number of nitrogens with one attached hydrogen (secondary N) is 1. The van der Waals surface area contributed by atoms with E-state index in [2.05, 4.69) is 11.9 Å². The number of hydrogen-bond donors (Lipinski definition) is 1. The Morgan fingerprint density at radius 2 is 2.13 bits per heavy atom. The van der Waals surface area contributed by atoms with E-state index in [1.54, 1.807) is 0 Å². The van der Waals surface area contributed by atoms with Crippen LogP contribution in [0.4, 0.5) is 8.78 Å². The summed E-state index contributed by atoms with van der Waals surface area (Å²) in [7, 11) is 0. The quantitative estimate of drug-likeness (QED) is 0.614. The summed E-state index contributed by atoms with van der Waals surface area (Å²) in [4.78, 5) is 9.46. The highest BCUT2D eigenvalue weighted by Crippen LogP contribution is 2.08. The van der Waals surface area contributed by atoms with Gasteiger partial charge in [0.1, 0.15) is 6.54 Å². The van der Waals surface area contributed by atoms with E-state index in [0.29, 0.717) is 5.56 Å². The van der Waals surface area contributed by atoms with E-state index in [9.17, 15) is 18.9 Å². The fraction of sp³-hybridized carbons (Fsp3) is 0.111. The summed E-state index contributed by atoms with van der Waals surface area (Å²) >= 11 is 0. The van der Waals surface area contributed by atoms with E-state index in [0.717, 1.165) is 12.1 Å². The Morgan fingerprint density at radius 1 is 1.47 bits per heavy atom. The summed E-state index contributed by atoms with van der Waals surface area (Å²) in [5.74, 6) is -2.33. The van der Waals surface area contributed by atoms with Crippen molar-refractivity contribution in [1.82, 2.24) is 5.32 Å². The van der Waals surface area contributed by atoms with Gasteiger partial charge >= 0.3 is 5.82 Å². The minimum Gasteiger partial charge on any atom is -0.358 e. The van der Waals surface area contributed by atoms with Gasteiger partial charge in [0.05, 0.1) is 0 Å². The molecule has 0 saturated heterocycles. The molecule has 4 nitrogen and oxygen atoms in total. The standard InChI is InChI=1S/C9H8F2N2O2/c1-6(13(14)15)12-5-7-2-3-8(10)9(11)4-7/h2-4,12H,1,5H2. The monoisotopic (exact) mass is 214 g/mol. The number of benzene rings is 1. The molecule has 0 unspecified atom stereocenters. The third-order valence-electron chi connectivity index (χ3n) is 1.70. The van der Waals surface area contributed by atoms with E-state index < -0.39 is 16.6 Å². The molecule has 15 heavy (non-hydrogen) atoms. The minimum absolute atomic E-state index is 0.0248. The van der Waals surface area contributed by atoms with Crippen LogP contribution in [0.25, 0.3) is 0 Å². The zero-order valence-electron chi connectivity index (χ0n) is 7.67. The van der Waals surface area contributed by atoms with Crippen LogP contribution in [0, 0.1) is 21.7 Å². The molecule has 6 heteroatoms. The Bertz CT molecular complexity index is 407. The molecule has 0 saturated carbocycles. The lowest BCUT2D eigenvalue weighted by molar-refractivity contribution is -0.431. The Morgan fingerprint density at radius 3 is 2.67 bits per heavy atom. The van der Waals surface area contributed by atoms with Crippen molar-refractivity contribution in [2.45, 2.75) is 6.54 Å². The summed E-state index contributed by atoms with van der Waals surface area (Å²) in [6, 6.07) is 3.26. The second-order valence-electron chi connectivity index (χ2n) is 2.81. The van der Waals surface area contributed by atoms with Gasteiger partial charge in [0.25, 0.3) is 0 Å². The number of nitrogens with zero attached hydrogens (tertiary/aromatic N) is 1. The van der Waals surface area contributed by atoms with Gasteiger partial charge < -0.3 is 10.1 Å². The van der Waals surface area contributed by atoms with Gasteiger partial charge in [-0.1, -0.05) is 6.07 Å². The molecule has 0 heterocycles. The lowest BCUT2D eigenvalue weighted by Crippen LogP contribution is -2.18. The first-order valence-electron chi connectivity index (χ1n) is 4.02. The summed E-state index contributed by atoms with van der Waals surface area (Å²) in [6.45, 7) is 3.16. The van der Waals surface area contributed by atoms with Crippen LogP contribution < -0.4 is 5.32 Å². The van der Waals surface area contributed by atoms with Crippen LogP contribution in [0.2, 0.25) is 0 Å². The van der Waals surface area contributed by atoms with E-state index in [1.807, 2.05) is 0 Å². The average molecular weight is 214 g/mol. The van der Waals surface area contributed by atoms with Crippen molar-refractivity contribution < 1.29 is 13.7 Å². The molecule has 0 aliphatic rings. The summed E-state index contributed by atoms with van der Waals surface area (Å²) < 4.78 is 25.2.